The molecule has 6 nitrogen and oxygen atoms in total. The van der Waals surface area contributed by atoms with Crippen molar-refractivity contribution in [2.24, 2.45) is 0 Å². The van der Waals surface area contributed by atoms with Crippen LogP contribution in [0.25, 0.3) is 22.2 Å². The summed E-state index contributed by atoms with van der Waals surface area (Å²) in [5.41, 5.74) is 2.25. The molecule has 0 aliphatic carbocycles. The third-order valence-electron chi connectivity index (χ3n) is 3.70. The van der Waals surface area contributed by atoms with Gasteiger partial charge in [-0.3, -0.25) is 9.88 Å². The second-order valence-corrected chi connectivity index (χ2v) is 5.09. The zero-order valence-electron chi connectivity index (χ0n) is 13.0. The highest BCUT2D eigenvalue weighted by Gasteiger charge is 2.21. The summed E-state index contributed by atoms with van der Waals surface area (Å²) >= 11 is 0. The molecule has 0 radical (unpaired) electrons. The summed E-state index contributed by atoms with van der Waals surface area (Å²) in [4.78, 5) is 21.6. The maximum absolute atomic E-state index is 11.6. The van der Waals surface area contributed by atoms with Crippen LogP contribution in [0.5, 0.6) is 0 Å². The molecule has 0 saturated heterocycles. The maximum Gasteiger partial charge on any atom is 0.413 e. The van der Waals surface area contributed by atoms with Gasteiger partial charge in [0.25, 0.3) is 0 Å². The number of anilines is 1. The highest BCUT2D eigenvalue weighted by atomic mass is 16.4. The van der Waals surface area contributed by atoms with Crippen molar-refractivity contribution < 1.29 is 9.90 Å². The summed E-state index contributed by atoms with van der Waals surface area (Å²) in [5.74, 6) is 0.311. The van der Waals surface area contributed by atoms with Gasteiger partial charge in [-0.2, -0.15) is 5.26 Å². The van der Waals surface area contributed by atoms with Crippen LogP contribution in [0, 0.1) is 11.3 Å². The minimum Gasteiger partial charge on any atom is -0.465 e. The molecule has 0 saturated carbocycles. The van der Waals surface area contributed by atoms with E-state index in [1.165, 1.54) is 4.90 Å². The van der Waals surface area contributed by atoms with Crippen molar-refractivity contribution in [3.8, 4) is 17.3 Å². The van der Waals surface area contributed by atoms with E-state index in [1.807, 2.05) is 6.07 Å². The molecule has 0 spiro atoms. The third-order valence-corrected chi connectivity index (χ3v) is 3.70. The molecule has 0 atom stereocenters. The molecule has 0 unspecified atom stereocenters. The number of fused-ring (bicyclic) bond motifs is 1. The van der Waals surface area contributed by atoms with E-state index in [9.17, 15) is 15.2 Å². The second-order valence-electron chi connectivity index (χ2n) is 5.09. The Morgan fingerprint density at radius 1 is 1.29 bits per heavy atom. The molecule has 0 aliphatic rings. The van der Waals surface area contributed by atoms with E-state index in [0.29, 0.717) is 33.5 Å². The second kappa shape index (κ2) is 6.34. The number of nitrogens with zero attached hydrogens (tertiary/aromatic N) is 4. The van der Waals surface area contributed by atoms with E-state index in [1.54, 1.807) is 49.5 Å². The first kappa shape index (κ1) is 15.4. The summed E-state index contributed by atoms with van der Waals surface area (Å²) in [6.07, 6.45) is 0.550. The van der Waals surface area contributed by atoms with E-state index in [-0.39, 0.29) is 6.54 Å². The minimum atomic E-state index is -1.09. The number of benzene rings is 1. The van der Waals surface area contributed by atoms with Crippen molar-refractivity contribution in [3.05, 3.63) is 54.2 Å². The van der Waals surface area contributed by atoms with Crippen LogP contribution in [0.2, 0.25) is 0 Å². The monoisotopic (exact) mass is 318 g/mol. The third kappa shape index (κ3) is 2.63. The smallest absolute Gasteiger partial charge is 0.413 e. The first-order chi connectivity index (χ1) is 11.7. The molecule has 0 fully saturated rings. The molecule has 0 bridgehead atoms. The van der Waals surface area contributed by atoms with E-state index < -0.39 is 6.09 Å². The molecule has 118 valence electrons. The number of hydrogen-bond donors (Lipinski definition) is 1. The Morgan fingerprint density at radius 3 is 2.75 bits per heavy atom. The van der Waals surface area contributed by atoms with Gasteiger partial charge in [0, 0.05) is 23.7 Å². The molecule has 0 aliphatic heterocycles. The zero-order valence-corrected chi connectivity index (χ0v) is 13.0. The summed E-state index contributed by atoms with van der Waals surface area (Å²) < 4.78 is 0. The van der Waals surface area contributed by atoms with Crippen LogP contribution < -0.4 is 4.90 Å². The topological polar surface area (TPSA) is 90.1 Å². The summed E-state index contributed by atoms with van der Waals surface area (Å²) in [6, 6.07) is 14.5. The predicted molar refractivity (Wildman–Crippen MR) is 90.7 cm³/mol. The fourth-order valence-electron chi connectivity index (χ4n) is 2.57. The van der Waals surface area contributed by atoms with Crippen LogP contribution in [0.3, 0.4) is 0 Å². The Hall–Kier alpha value is -3.46. The molecule has 3 aromatic rings. The summed E-state index contributed by atoms with van der Waals surface area (Å²) in [5, 5.41) is 19.5. The van der Waals surface area contributed by atoms with Crippen molar-refractivity contribution in [1.29, 1.82) is 5.26 Å². The lowest BCUT2D eigenvalue weighted by Gasteiger charge is -2.20. The molecule has 2 heterocycles. The Labute approximate surface area is 138 Å². The number of rotatable bonds is 3. The highest BCUT2D eigenvalue weighted by Crippen LogP contribution is 2.32. The zero-order chi connectivity index (χ0) is 17.1. The number of carbonyl (C=O) groups is 1. The van der Waals surface area contributed by atoms with Crippen LogP contribution >= 0.6 is 0 Å². The van der Waals surface area contributed by atoms with Gasteiger partial charge in [0.05, 0.1) is 22.8 Å². The van der Waals surface area contributed by atoms with Crippen LogP contribution in [0.4, 0.5) is 10.6 Å². The Morgan fingerprint density at radius 2 is 2.12 bits per heavy atom. The van der Waals surface area contributed by atoms with Gasteiger partial charge in [-0.15, -0.1) is 0 Å². The number of carboxylic acid groups (broad SMARTS) is 1. The van der Waals surface area contributed by atoms with Crippen LogP contribution in [-0.4, -0.2) is 27.7 Å². The summed E-state index contributed by atoms with van der Waals surface area (Å²) in [6.45, 7) is 2.00. The minimum absolute atomic E-state index is 0.256. The highest BCUT2D eigenvalue weighted by molar-refractivity contribution is 5.97. The number of aromatic nitrogens is 2. The Kier molecular flexibility index (Phi) is 4.08. The van der Waals surface area contributed by atoms with E-state index in [4.69, 9.17) is 0 Å². The lowest BCUT2D eigenvalue weighted by atomic mass is 10.0. The number of amides is 1. The van der Waals surface area contributed by atoms with E-state index in [2.05, 4.69) is 16.0 Å². The number of nitriles is 1. The molecular formula is C18H14N4O2. The molecular weight excluding hydrogens is 304 g/mol. The quantitative estimate of drug-likeness (QED) is 0.795. The standard InChI is InChI=1S/C18H14N4O2/c1-2-22(18(23)24)17-14(15-7-3-4-9-20-15)10-13-12(11-19)6-5-8-16(13)21-17/h3-10H,2H2,1H3,(H,23,24). The van der Waals surface area contributed by atoms with Crippen molar-refractivity contribution in [2.45, 2.75) is 6.92 Å². The Bertz CT molecular complexity index is 948. The van der Waals surface area contributed by atoms with Crippen molar-refractivity contribution in [3.63, 3.8) is 0 Å². The average molecular weight is 318 g/mol. The van der Waals surface area contributed by atoms with E-state index in [0.717, 1.165) is 0 Å². The normalized spacial score (nSPS) is 10.3. The van der Waals surface area contributed by atoms with Gasteiger partial charge < -0.3 is 5.11 Å². The van der Waals surface area contributed by atoms with Crippen molar-refractivity contribution >= 4 is 22.8 Å². The molecule has 24 heavy (non-hydrogen) atoms. The van der Waals surface area contributed by atoms with Crippen LogP contribution in [0.1, 0.15) is 12.5 Å². The van der Waals surface area contributed by atoms with Crippen molar-refractivity contribution in [2.75, 3.05) is 11.4 Å². The van der Waals surface area contributed by atoms with Gasteiger partial charge in [0.15, 0.2) is 0 Å². The van der Waals surface area contributed by atoms with Gasteiger partial charge >= 0.3 is 6.09 Å². The molecule has 1 N–H and O–H groups in total. The lowest BCUT2D eigenvalue weighted by Crippen LogP contribution is -2.30. The molecule has 1 amide bonds. The average Bonchev–Trinajstić information content (AvgIpc) is 2.61. The fraction of sp³-hybridized carbons (Fsp3) is 0.111. The summed E-state index contributed by atoms with van der Waals surface area (Å²) in [7, 11) is 0. The predicted octanol–water partition coefficient (Wildman–Crippen LogP) is 3.67. The van der Waals surface area contributed by atoms with Gasteiger partial charge in [0.1, 0.15) is 5.82 Å². The van der Waals surface area contributed by atoms with Crippen LogP contribution in [-0.2, 0) is 0 Å². The largest absolute Gasteiger partial charge is 0.465 e. The van der Waals surface area contributed by atoms with Crippen LogP contribution in [0.15, 0.2) is 48.7 Å². The molecule has 1 aromatic carbocycles. The van der Waals surface area contributed by atoms with Gasteiger partial charge in [-0.05, 0) is 37.3 Å². The van der Waals surface area contributed by atoms with Gasteiger partial charge in [0.2, 0.25) is 0 Å². The first-order valence-electron chi connectivity index (χ1n) is 7.41. The molecule has 3 rings (SSSR count). The SMILES string of the molecule is CCN(C(=O)O)c1nc2cccc(C#N)c2cc1-c1ccccn1. The number of hydrogen-bond acceptors (Lipinski definition) is 4. The van der Waals surface area contributed by atoms with E-state index >= 15 is 0 Å². The van der Waals surface area contributed by atoms with Gasteiger partial charge in [-0.25, -0.2) is 9.78 Å². The number of pyridine rings is 2. The lowest BCUT2D eigenvalue weighted by molar-refractivity contribution is 0.202. The Balaban J connectivity index is 2.37. The van der Waals surface area contributed by atoms with Crippen molar-refractivity contribution in [1.82, 2.24) is 9.97 Å². The fourth-order valence-corrected chi connectivity index (χ4v) is 2.57. The first-order valence-corrected chi connectivity index (χ1v) is 7.41. The van der Waals surface area contributed by atoms with Gasteiger partial charge in [-0.1, -0.05) is 12.1 Å². The maximum atomic E-state index is 11.6. The molecule has 2 aromatic heterocycles. The molecule has 6 heteroatoms.